The second-order valence-electron chi connectivity index (χ2n) is 10.3. The number of amides is 1. The van der Waals surface area contributed by atoms with E-state index in [1.165, 1.54) is 0 Å². The normalized spacial score (nSPS) is 17.4. The van der Waals surface area contributed by atoms with Gasteiger partial charge in [-0.1, -0.05) is 24.3 Å². The summed E-state index contributed by atoms with van der Waals surface area (Å²) >= 11 is 0. The molecule has 4 aromatic rings. The van der Waals surface area contributed by atoms with E-state index in [0.717, 1.165) is 89.4 Å². The number of carbonyl (C=O) groups excluding carboxylic acids is 1. The number of fused-ring (bicyclic) bond motifs is 1. The molecule has 1 amide bonds. The van der Waals surface area contributed by atoms with E-state index in [9.17, 15) is 4.79 Å². The number of pyridine rings is 1. The Kier molecular flexibility index (Phi) is 5.52. The summed E-state index contributed by atoms with van der Waals surface area (Å²) in [6.07, 6.45) is 1.81. The predicted molar refractivity (Wildman–Crippen MR) is 143 cm³/mol. The fraction of sp³-hybridized carbons (Fsp3) is 0.345. The minimum absolute atomic E-state index is 0.0148. The van der Waals surface area contributed by atoms with Crippen molar-refractivity contribution in [2.24, 2.45) is 0 Å². The van der Waals surface area contributed by atoms with Crippen LogP contribution in [0.3, 0.4) is 0 Å². The Morgan fingerprint density at radius 3 is 2.47 bits per heavy atom. The average molecular weight is 481 g/mol. The molecule has 0 radical (unpaired) electrons. The third-order valence-electron chi connectivity index (χ3n) is 7.64. The molecule has 0 unspecified atom stereocenters. The molecule has 6 rings (SSSR count). The van der Waals surface area contributed by atoms with Gasteiger partial charge in [0, 0.05) is 48.5 Å². The topological polar surface area (TPSA) is 77.2 Å². The lowest BCUT2D eigenvalue weighted by Crippen LogP contribution is -2.44. The highest BCUT2D eigenvalue weighted by Gasteiger charge is 2.47. The van der Waals surface area contributed by atoms with Crippen LogP contribution in [0.2, 0.25) is 0 Å². The van der Waals surface area contributed by atoms with E-state index in [0.29, 0.717) is 0 Å². The van der Waals surface area contributed by atoms with E-state index in [1.807, 2.05) is 38.1 Å². The minimum atomic E-state index is -0.393. The second-order valence-corrected chi connectivity index (χ2v) is 10.3. The van der Waals surface area contributed by atoms with Gasteiger partial charge in [-0.3, -0.25) is 9.89 Å². The van der Waals surface area contributed by atoms with Crippen molar-refractivity contribution in [2.45, 2.75) is 32.2 Å². The Morgan fingerprint density at radius 1 is 0.972 bits per heavy atom. The summed E-state index contributed by atoms with van der Waals surface area (Å²) < 4.78 is 0. The van der Waals surface area contributed by atoms with Crippen LogP contribution in [0, 0.1) is 13.8 Å². The molecule has 2 N–H and O–H groups in total. The highest BCUT2D eigenvalue weighted by Crippen LogP contribution is 2.48. The molecule has 2 aliphatic rings. The number of nitrogens with one attached hydrogen (secondary N) is 2. The van der Waals surface area contributed by atoms with Gasteiger partial charge in [-0.25, -0.2) is 4.98 Å². The van der Waals surface area contributed by atoms with Crippen LogP contribution in [-0.2, 0) is 5.54 Å². The Morgan fingerprint density at radius 2 is 1.75 bits per heavy atom. The summed E-state index contributed by atoms with van der Waals surface area (Å²) in [5.41, 5.74) is 7.13. The Labute approximate surface area is 211 Å². The molecular weight excluding hydrogens is 448 g/mol. The molecule has 0 bridgehead atoms. The maximum atomic E-state index is 13.7. The monoisotopic (exact) mass is 480 g/mol. The Hall–Kier alpha value is -3.71. The smallest absolute Gasteiger partial charge is 0.252 e. The standard InChI is InChI=1S/C29H32N6O/c1-19-8-9-21(35-14-12-34(3)13-15-35)17-23(19)28(36)31-29(10-11-29)24-18-26(27-16-20(2)32-33-27)30-25-7-5-4-6-22(24)25/h4-9,16-18H,10-15H2,1-3H3,(H,31,36)(H,32,33). The van der Waals surface area contributed by atoms with Crippen molar-refractivity contribution in [1.82, 2.24) is 25.4 Å². The van der Waals surface area contributed by atoms with Crippen molar-refractivity contribution >= 4 is 22.5 Å². The molecule has 3 heterocycles. The van der Waals surface area contributed by atoms with Crippen molar-refractivity contribution in [2.75, 3.05) is 38.1 Å². The summed E-state index contributed by atoms with van der Waals surface area (Å²) in [6.45, 7) is 8.02. The highest BCUT2D eigenvalue weighted by atomic mass is 16.1. The number of hydrogen-bond donors (Lipinski definition) is 2. The molecule has 0 atom stereocenters. The van der Waals surface area contributed by atoms with Crippen LogP contribution in [0.5, 0.6) is 0 Å². The van der Waals surface area contributed by atoms with E-state index in [-0.39, 0.29) is 5.91 Å². The Bertz CT molecular complexity index is 1450. The van der Waals surface area contributed by atoms with Crippen molar-refractivity contribution in [3.8, 4) is 11.4 Å². The van der Waals surface area contributed by atoms with Crippen molar-refractivity contribution in [3.63, 3.8) is 0 Å². The molecule has 7 heteroatoms. The number of anilines is 1. The van der Waals surface area contributed by atoms with Gasteiger partial charge in [-0.15, -0.1) is 0 Å². The van der Waals surface area contributed by atoms with Crippen molar-refractivity contribution in [3.05, 3.63) is 77.0 Å². The maximum absolute atomic E-state index is 13.7. The SMILES string of the molecule is Cc1cc(-c2cc(C3(NC(=O)c4cc(N5CCN(C)CC5)ccc4C)CC3)c3ccccc3n2)n[nH]1. The number of piperazine rings is 1. The largest absolute Gasteiger partial charge is 0.369 e. The van der Waals surface area contributed by atoms with E-state index in [2.05, 4.69) is 62.7 Å². The van der Waals surface area contributed by atoms with Gasteiger partial charge < -0.3 is 15.1 Å². The number of aromatic amines is 1. The first kappa shape index (κ1) is 22.7. The quantitative estimate of drug-likeness (QED) is 0.442. The molecule has 1 aliphatic heterocycles. The highest BCUT2D eigenvalue weighted by molar-refractivity contribution is 5.98. The average Bonchev–Trinajstić information content (AvgIpc) is 3.53. The Balaban J connectivity index is 1.34. The summed E-state index contributed by atoms with van der Waals surface area (Å²) in [4.78, 5) is 23.3. The van der Waals surface area contributed by atoms with E-state index >= 15 is 0 Å². The van der Waals surface area contributed by atoms with Crippen LogP contribution in [0.1, 0.15) is 40.0 Å². The van der Waals surface area contributed by atoms with Gasteiger partial charge in [-0.05, 0) is 75.2 Å². The number of benzene rings is 2. The van der Waals surface area contributed by atoms with Gasteiger partial charge in [0.1, 0.15) is 5.69 Å². The third kappa shape index (κ3) is 4.13. The van der Waals surface area contributed by atoms with E-state index < -0.39 is 5.54 Å². The number of H-pyrrole nitrogens is 1. The van der Waals surface area contributed by atoms with Crippen molar-refractivity contribution < 1.29 is 4.79 Å². The zero-order valence-corrected chi connectivity index (χ0v) is 21.1. The zero-order chi connectivity index (χ0) is 24.9. The lowest BCUT2D eigenvalue weighted by atomic mass is 9.97. The summed E-state index contributed by atoms with van der Waals surface area (Å²) in [6, 6.07) is 18.6. The van der Waals surface area contributed by atoms with E-state index in [1.54, 1.807) is 0 Å². The first-order valence-electron chi connectivity index (χ1n) is 12.7. The summed E-state index contributed by atoms with van der Waals surface area (Å²) in [5.74, 6) is -0.0148. The molecule has 2 aromatic carbocycles. The maximum Gasteiger partial charge on any atom is 0.252 e. The molecule has 2 fully saturated rings. The minimum Gasteiger partial charge on any atom is -0.369 e. The zero-order valence-electron chi connectivity index (χ0n) is 21.1. The van der Waals surface area contributed by atoms with Gasteiger partial charge in [0.15, 0.2) is 0 Å². The number of aromatic nitrogens is 3. The predicted octanol–water partition coefficient (Wildman–Crippen LogP) is 4.41. The summed E-state index contributed by atoms with van der Waals surface area (Å²) in [5, 5.41) is 12.0. The molecule has 1 aliphatic carbocycles. The number of hydrogen-bond acceptors (Lipinski definition) is 5. The van der Waals surface area contributed by atoms with Crippen LogP contribution in [0.15, 0.2) is 54.6 Å². The number of aryl methyl sites for hydroxylation is 2. The number of rotatable bonds is 5. The molecule has 7 nitrogen and oxygen atoms in total. The lowest BCUT2D eigenvalue weighted by molar-refractivity contribution is 0.0930. The molecule has 1 saturated heterocycles. The lowest BCUT2D eigenvalue weighted by Gasteiger charge is -2.34. The first-order chi connectivity index (χ1) is 17.4. The van der Waals surface area contributed by atoms with Crippen LogP contribution >= 0.6 is 0 Å². The summed E-state index contributed by atoms with van der Waals surface area (Å²) in [7, 11) is 2.15. The fourth-order valence-corrected chi connectivity index (χ4v) is 5.24. The van der Waals surface area contributed by atoms with Gasteiger partial charge in [0.25, 0.3) is 5.91 Å². The van der Waals surface area contributed by atoms with Crippen LogP contribution in [-0.4, -0.2) is 59.2 Å². The molecular formula is C29H32N6O. The second kappa shape index (κ2) is 8.75. The van der Waals surface area contributed by atoms with E-state index in [4.69, 9.17) is 4.98 Å². The van der Waals surface area contributed by atoms with Crippen LogP contribution < -0.4 is 10.2 Å². The molecule has 36 heavy (non-hydrogen) atoms. The van der Waals surface area contributed by atoms with Crippen molar-refractivity contribution in [1.29, 1.82) is 0 Å². The number of likely N-dealkylation sites (N-methyl/N-ethyl adjacent to an activating group) is 1. The third-order valence-corrected chi connectivity index (χ3v) is 7.64. The van der Waals surface area contributed by atoms with Crippen LogP contribution in [0.25, 0.3) is 22.3 Å². The number of carbonyl (C=O) groups is 1. The molecule has 0 spiro atoms. The van der Waals surface area contributed by atoms with Gasteiger partial charge in [-0.2, -0.15) is 5.10 Å². The number of nitrogens with zero attached hydrogens (tertiary/aromatic N) is 4. The number of para-hydroxylation sites is 1. The van der Waals surface area contributed by atoms with Gasteiger partial charge in [0.2, 0.25) is 0 Å². The first-order valence-corrected chi connectivity index (χ1v) is 12.7. The molecule has 184 valence electrons. The van der Waals surface area contributed by atoms with Gasteiger partial charge in [0.05, 0.1) is 16.7 Å². The molecule has 2 aromatic heterocycles. The molecule has 1 saturated carbocycles. The fourth-order valence-electron chi connectivity index (χ4n) is 5.24. The van der Waals surface area contributed by atoms with Crippen LogP contribution in [0.4, 0.5) is 5.69 Å². The van der Waals surface area contributed by atoms with Gasteiger partial charge >= 0.3 is 0 Å².